The van der Waals surface area contributed by atoms with Gasteiger partial charge in [0.1, 0.15) is 18.2 Å². The molecule has 0 fully saturated rings. The third kappa shape index (κ3) is 3.84. The number of ether oxygens (including phenoxy) is 1. The zero-order valence-corrected chi connectivity index (χ0v) is 19.0. The number of nitrogens with zero attached hydrogens (tertiary/aromatic N) is 2. The molecule has 1 aliphatic heterocycles. The number of aromatic nitrogens is 2. The molecule has 2 aromatic heterocycles. The van der Waals surface area contributed by atoms with Gasteiger partial charge in [0.15, 0.2) is 5.69 Å². The first-order valence-electron chi connectivity index (χ1n) is 10.8. The summed E-state index contributed by atoms with van der Waals surface area (Å²) >= 11 is 1.38. The van der Waals surface area contributed by atoms with Gasteiger partial charge in [-0.3, -0.25) is 24.0 Å². The van der Waals surface area contributed by atoms with Crippen molar-refractivity contribution in [3.8, 4) is 16.2 Å². The van der Waals surface area contributed by atoms with E-state index in [-0.39, 0.29) is 17.4 Å². The van der Waals surface area contributed by atoms with Crippen molar-refractivity contribution in [2.75, 3.05) is 17.2 Å². The maximum absolute atomic E-state index is 13.6. The third-order valence-corrected chi connectivity index (χ3v) is 6.64. The zero-order valence-electron chi connectivity index (χ0n) is 18.1. The molecular weight excluding hydrogens is 428 g/mol. The summed E-state index contributed by atoms with van der Waals surface area (Å²) in [6.45, 7) is 4.97. The molecule has 3 aromatic rings. The molecular formula is C23H26N4O4S. The number of carbonyl (C=O) groups excluding carboxylic acids is 1. The molecule has 0 aliphatic carbocycles. The van der Waals surface area contributed by atoms with Crippen molar-refractivity contribution < 1.29 is 9.53 Å². The van der Waals surface area contributed by atoms with E-state index < -0.39 is 11.2 Å². The van der Waals surface area contributed by atoms with E-state index in [0.29, 0.717) is 37.4 Å². The highest BCUT2D eigenvalue weighted by atomic mass is 32.1. The third-order valence-electron chi connectivity index (χ3n) is 5.45. The number of nitrogens with two attached hydrogens (primary N) is 1. The van der Waals surface area contributed by atoms with E-state index in [0.717, 1.165) is 28.2 Å². The Morgan fingerprint density at radius 3 is 2.78 bits per heavy atom. The molecule has 0 unspecified atom stereocenters. The Morgan fingerprint density at radius 1 is 1.25 bits per heavy atom. The molecule has 9 heteroatoms. The Morgan fingerprint density at radius 2 is 2.03 bits per heavy atom. The van der Waals surface area contributed by atoms with Crippen molar-refractivity contribution in [2.45, 2.75) is 46.3 Å². The number of hydrogen-bond acceptors (Lipinski definition) is 6. The molecule has 0 atom stereocenters. The van der Waals surface area contributed by atoms with Gasteiger partial charge in [-0.2, -0.15) is 0 Å². The van der Waals surface area contributed by atoms with Crippen LogP contribution in [-0.2, 0) is 13.2 Å². The molecule has 1 amide bonds. The molecule has 0 saturated heterocycles. The Bertz CT molecular complexity index is 1270. The Hall–Kier alpha value is -3.33. The molecule has 3 N–H and O–H groups in total. The first-order chi connectivity index (χ1) is 15.5. The van der Waals surface area contributed by atoms with Gasteiger partial charge < -0.3 is 10.5 Å². The Balaban J connectivity index is 1.79. The lowest BCUT2D eigenvalue weighted by Crippen LogP contribution is -2.41. The van der Waals surface area contributed by atoms with Crippen LogP contribution in [-0.4, -0.2) is 22.0 Å². The number of nitrogens with one attached hydrogen (secondary N) is 1. The number of H-pyrrole nitrogens is 1. The monoisotopic (exact) mass is 454 g/mol. The largest absolute Gasteiger partial charge is 0.488 e. The maximum Gasteiger partial charge on any atom is 0.330 e. The minimum absolute atomic E-state index is 0.0139. The molecule has 0 spiro atoms. The number of anilines is 2. The average Bonchev–Trinajstić information content (AvgIpc) is 3.23. The van der Waals surface area contributed by atoms with E-state index in [4.69, 9.17) is 10.5 Å². The molecule has 32 heavy (non-hydrogen) atoms. The minimum Gasteiger partial charge on any atom is -0.488 e. The van der Waals surface area contributed by atoms with Crippen LogP contribution in [0.2, 0.25) is 0 Å². The van der Waals surface area contributed by atoms with Crippen LogP contribution in [0.3, 0.4) is 0 Å². The van der Waals surface area contributed by atoms with Crippen LogP contribution in [0.25, 0.3) is 10.4 Å². The molecule has 4 rings (SSSR count). The first kappa shape index (κ1) is 21.9. The first-order valence-corrected chi connectivity index (χ1v) is 11.6. The van der Waals surface area contributed by atoms with Crippen LogP contribution in [0.15, 0.2) is 39.9 Å². The van der Waals surface area contributed by atoms with Gasteiger partial charge in [-0.05, 0) is 31.0 Å². The SMILES string of the molecule is CCCCN(C(=O)c1cc2c(s1)-c1ccccc1OC2)c1c(N)n(CCC)c(=O)[nH]c1=O. The minimum atomic E-state index is -0.653. The number of benzene rings is 1. The summed E-state index contributed by atoms with van der Waals surface area (Å²) < 4.78 is 7.13. The maximum atomic E-state index is 13.6. The molecule has 0 saturated carbocycles. The molecule has 0 radical (unpaired) electrons. The second-order valence-corrected chi connectivity index (χ2v) is 8.76. The number of nitrogen functional groups attached to an aromatic ring is 1. The van der Waals surface area contributed by atoms with Gasteiger partial charge >= 0.3 is 5.69 Å². The van der Waals surface area contributed by atoms with Crippen LogP contribution in [0, 0.1) is 0 Å². The number of unbranched alkanes of at least 4 members (excludes halogenated alkanes) is 1. The number of hydrogen-bond donors (Lipinski definition) is 2. The van der Waals surface area contributed by atoms with Gasteiger partial charge in [-0.25, -0.2) is 4.79 Å². The number of aromatic amines is 1. The highest BCUT2D eigenvalue weighted by Crippen LogP contribution is 2.42. The lowest BCUT2D eigenvalue weighted by Gasteiger charge is -2.24. The van der Waals surface area contributed by atoms with E-state index in [9.17, 15) is 14.4 Å². The normalized spacial score (nSPS) is 12.1. The lowest BCUT2D eigenvalue weighted by atomic mass is 10.1. The van der Waals surface area contributed by atoms with Crippen LogP contribution in [0.5, 0.6) is 5.75 Å². The fourth-order valence-electron chi connectivity index (χ4n) is 3.85. The number of amides is 1. The molecule has 3 heterocycles. The number of rotatable bonds is 7. The summed E-state index contributed by atoms with van der Waals surface area (Å²) in [5, 5.41) is 0. The number of thiophene rings is 1. The molecule has 1 aromatic carbocycles. The predicted octanol–water partition coefficient (Wildman–Crippen LogP) is 3.60. The number of carbonyl (C=O) groups is 1. The average molecular weight is 455 g/mol. The van der Waals surface area contributed by atoms with Gasteiger partial charge in [0.25, 0.3) is 11.5 Å². The fraction of sp³-hybridized carbons (Fsp3) is 0.348. The van der Waals surface area contributed by atoms with Gasteiger partial charge in [0, 0.05) is 29.1 Å². The van der Waals surface area contributed by atoms with Crippen LogP contribution in [0.4, 0.5) is 11.5 Å². The van der Waals surface area contributed by atoms with E-state index in [2.05, 4.69) is 4.98 Å². The van der Waals surface area contributed by atoms with Crippen LogP contribution < -0.4 is 26.6 Å². The summed E-state index contributed by atoms with van der Waals surface area (Å²) in [7, 11) is 0. The number of fused-ring (bicyclic) bond motifs is 3. The quantitative estimate of drug-likeness (QED) is 0.567. The summed E-state index contributed by atoms with van der Waals surface area (Å²) in [6.07, 6.45) is 2.18. The molecule has 8 nitrogen and oxygen atoms in total. The van der Waals surface area contributed by atoms with Gasteiger partial charge in [-0.1, -0.05) is 32.4 Å². The molecule has 0 bridgehead atoms. The lowest BCUT2D eigenvalue weighted by molar-refractivity contribution is 0.0990. The molecule has 1 aliphatic rings. The van der Waals surface area contributed by atoms with Crippen LogP contribution in [0.1, 0.15) is 48.3 Å². The standard InChI is InChI=1S/C23H26N4O4S/c1-3-5-11-26(18-20(24)27(10-4-2)23(30)25-21(18)28)22(29)17-12-14-13-31-16-9-7-6-8-15(16)19(14)32-17/h6-9,12H,3-5,10-11,13,24H2,1-2H3,(H,25,28,30). The number of para-hydroxylation sites is 1. The van der Waals surface area contributed by atoms with Crippen molar-refractivity contribution >= 4 is 28.7 Å². The van der Waals surface area contributed by atoms with Crippen molar-refractivity contribution in [2.24, 2.45) is 0 Å². The second-order valence-electron chi connectivity index (χ2n) is 7.70. The topological polar surface area (TPSA) is 110 Å². The summed E-state index contributed by atoms with van der Waals surface area (Å²) in [5.74, 6) is 0.491. The summed E-state index contributed by atoms with van der Waals surface area (Å²) in [5.41, 5.74) is 6.94. The molecule has 168 valence electrons. The van der Waals surface area contributed by atoms with Crippen molar-refractivity contribution in [3.05, 3.63) is 61.6 Å². The van der Waals surface area contributed by atoms with Gasteiger partial charge in [-0.15, -0.1) is 11.3 Å². The van der Waals surface area contributed by atoms with E-state index >= 15 is 0 Å². The predicted molar refractivity (Wildman–Crippen MR) is 127 cm³/mol. The fourth-order valence-corrected chi connectivity index (χ4v) is 5.00. The Labute approximate surface area is 189 Å². The zero-order chi connectivity index (χ0) is 22.8. The Kier molecular flexibility index (Phi) is 6.18. The van der Waals surface area contributed by atoms with Crippen LogP contribution >= 0.6 is 11.3 Å². The van der Waals surface area contributed by atoms with Crippen molar-refractivity contribution in [1.82, 2.24) is 9.55 Å². The summed E-state index contributed by atoms with van der Waals surface area (Å²) in [6, 6.07) is 9.55. The van der Waals surface area contributed by atoms with Crippen molar-refractivity contribution in [3.63, 3.8) is 0 Å². The second kappa shape index (κ2) is 9.04. The smallest absolute Gasteiger partial charge is 0.330 e. The summed E-state index contributed by atoms with van der Waals surface area (Å²) in [4.78, 5) is 43.9. The van der Waals surface area contributed by atoms with E-state index in [1.807, 2.05) is 44.2 Å². The van der Waals surface area contributed by atoms with Gasteiger partial charge in [0.05, 0.1) is 4.88 Å². The highest BCUT2D eigenvalue weighted by Gasteiger charge is 2.28. The van der Waals surface area contributed by atoms with Crippen molar-refractivity contribution in [1.29, 1.82) is 0 Å². The van der Waals surface area contributed by atoms with E-state index in [1.54, 1.807) is 0 Å². The highest BCUT2D eigenvalue weighted by molar-refractivity contribution is 7.17. The van der Waals surface area contributed by atoms with Gasteiger partial charge in [0.2, 0.25) is 0 Å². The van der Waals surface area contributed by atoms with E-state index in [1.165, 1.54) is 20.8 Å².